The number of aromatic amines is 1. The Morgan fingerprint density at radius 2 is 1.86 bits per heavy atom. The third kappa shape index (κ3) is 3.26. The number of rotatable bonds is 4. The first-order chi connectivity index (χ1) is 14.1. The van der Waals surface area contributed by atoms with Gasteiger partial charge in [-0.05, 0) is 32.0 Å². The van der Waals surface area contributed by atoms with Crippen molar-refractivity contribution in [2.75, 3.05) is 0 Å². The van der Waals surface area contributed by atoms with Gasteiger partial charge in [-0.15, -0.1) is 5.10 Å². The van der Waals surface area contributed by atoms with E-state index in [2.05, 4.69) is 27.0 Å². The summed E-state index contributed by atoms with van der Waals surface area (Å²) in [6.45, 7) is 3.98. The molecule has 0 fully saturated rings. The Kier molecular flexibility index (Phi) is 4.49. The van der Waals surface area contributed by atoms with Gasteiger partial charge in [-0.25, -0.2) is 15.0 Å². The van der Waals surface area contributed by atoms with Crippen LogP contribution >= 0.6 is 23.4 Å². The monoisotopic (exact) mass is 420 g/mol. The van der Waals surface area contributed by atoms with Crippen LogP contribution < -0.4 is 0 Å². The first kappa shape index (κ1) is 18.1. The maximum Gasteiger partial charge on any atom is 0.192 e. The molecule has 5 rings (SSSR count). The van der Waals surface area contributed by atoms with Crippen LogP contribution in [0.2, 0.25) is 5.02 Å². The van der Waals surface area contributed by atoms with Crippen molar-refractivity contribution in [1.82, 2.24) is 29.5 Å². The van der Waals surface area contributed by atoms with Gasteiger partial charge in [0, 0.05) is 16.0 Å². The van der Waals surface area contributed by atoms with Gasteiger partial charge >= 0.3 is 0 Å². The molecule has 0 bridgehead atoms. The van der Waals surface area contributed by atoms with Crippen LogP contribution in [0, 0.1) is 6.92 Å². The molecule has 6 nitrogen and oxygen atoms in total. The SMILES string of the molecule is Cc1nc2c3ccccc3nc(SC(C)c3ncc(-c4ccccc4Cl)[nH]3)n2n1. The molecular weight excluding hydrogens is 404 g/mol. The lowest BCUT2D eigenvalue weighted by Gasteiger charge is -2.10. The second-order valence-corrected chi connectivity index (χ2v) is 8.44. The number of imidazole rings is 1. The molecule has 0 saturated carbocycles. The topological polar surface area (TPSA) is 71.8 Å². The molecule has 3 heterocycles. The molecule has 144 valence electrons. The normalized spacial score (nSPS) is 12.7. The van der Waals surface area contributed by atoms with Crippen molar-refractivity contribution in [2.45, 2.75) is 24.3 Å². The van der Waals surface area contributed by atoms with Crippen LogP contribution in [0.1, 0.15) is 23.8 Å². The van der Waals surface area contributed by atoms with Gasteiger partial charge in [0.15, 0.2) is 10.8 Å². The fourth-order valence-electron chi connectivity index (χ4n) is 3.28. The van der Waals surface area contributed by atoms with Crippen molar-refractivity contribution in [1.29, 1.82) is 0 Å². The number of benzene rings is 2. The van der Waals surface area contributed by atoms with Crippen molar-refractivity contribution in [3.05, 3.63) is 71.4 Å². The van der Waals surface area contributed by atoms with E-state index in [9.17, 15) is 0 Å². The first-order valence-corrected chi connectivity index (χ1v) is 10.4. The molecule has 1 atom stereocenters. The number of H-pyrrole nitrogens is 1. The molecule has 5 aromatic rings. The highest BCUT2D eigenvalue weighted by Gasteiger charge is 2.18. The Hall–Kier alpha value is -2.90. The molecule has 0 saturated heterocycles. The lowest BCUT2D eigenvalue weighted by atomic mass is 10.2. The molecule has 0 radical (unpaired) electrons. The number of nitrogens with zero attached hydrogens (tertiary/aromatic N) is 5. The highest BCUT2D eigenvalue weighted by Crippen LogP contribution is 2.35. The van der Waals surface area contributed by atoms with Crippen molar-refractivity contribution in [3.63, 3.8) is 0 Å². The largest absolute Gasteiger partial charge is 0.341 e. The van der Waals surface area contributed by atoms with Gasteiger partial charge in [0.25, 0.3) is 0 Å². The number of halogens is 1. The van der Waals surface area contributed by atoms with E-state index in [0.29, 0.717) is 5.02 Å². The summed E-state index contributed by atoms with van der Waals surface area (Å²) >= 11 is 7.91. The second-order valence-electron chi connectivity index (χ2n) is 6.73. The van der Waals surface area contributed by atoms with Gasteiger partial charge in [0.05, 0.1) is 22.7 Å². The first-order valence-electron chi connectivity index (χ1n) is 9.19. The zero-order chi connectivity index (χ0) is 20.0. The number of hydrogen-bond donors (Lipinski definition) is 1. The van der Waals surface area contributed by atoms with Gasteiger partial charge in [0.1, 0.15) is 11.6 Å². The van der Waals surface area contributed by atoms with E-state index >= 15 is 0 Å². The van der Waals surface area contributed by atoms with Gasteiger partial charge in [-0.2, -0.15) is 4.52 Å². The molecule has 8 heteroatoms. The molecule has 29 heavy (non-hydrogen) atoms. The second kappa shape index (κ2) is 7.17. The number of aryl methyl sites for hydroxylation is 1. The zero-order valence-corrected chi connectivity index (χ0v) is 17.4. The number of nitrogens with one attached hydrogen (secondary N) is 1. The van der Waals surface area contributed by atoms with E-state index in [1.807, 2.05) is 66.2 Å². The fourth-order valence-corrected chi connectivity index (χ4v) is 4.45. The molecule has 1 unspecified atom stereocenters. The van der Waals surface area contributed by atoms with Crippen LogP contribution in [0.15, 0.2) is 59.9 Å². The van der Waals surface area contributed by atoms with Crippen molar-refractivity contribution in [3.8, 4) is 11.3 Å². The van der Waals surface area contributed by atoms with E-state index in [-0.39, 0.29) is 5.25 Å². The van der Waals surface area contributed by atoms with Gasteiger partial charge in [-0.3, -0.25) is 0 Å². The Morgan fingerprint density at radius 1 is 1.07 bits per heavy atom. The molecule has 0 aliphatic rings. The maximum atomic E-state index is 6.32. The Balaban J connectivity index is 1.52. The molecule has 0 spiro atoms. The van der Waals surface area contributed by atoms with Gasteiger partial charge in [-0.1, -0.05) is 53.7 Å². The summed E-state index contributed by atoms with van der Waals surface area (Å²) < 4.78 is 1.82. The summed E-state index contributed by atoms with van der Waals surface area (Å²) in [5.41, 5.74) is 3.55. The number of fused-ring (bicyclic) bond motifs is 3. The van der Waals surface area contributed by atoms with Crippen LogP contribution in [0.25, 0.3) is 27.8 Å². The molecule has 2 aromatic carbocycles. The minimum absolute atomic E-state index is 0.0348. The van der Waals surface area contributed by atoms with Crippen LogP contribution in [-0.4, -0.2) is 29.5 Å². The van der Waals surface area contributed by atoms with E-state index in [0.717, 1.165) is 44.6 Å². The number of aromatic nitrogens is 6. The quantitative estimate of drug-likeness (QED) is 0.307. The Morgan fingerprint density at radius 3 is 2.72 bits per heavy atom. The van der Waals surface area contributed by atoms with Crippen molar-refractivity contribution < 1.29 is 0 Å². The van der Waals surface area contributed by atoms with Crippen LogP contribution in [-0.2, 0) is 0 Å². The molecule has 0 aliphatic carbocycles. The summed E-state index contributed by atoms with van der Waals surface area (Å²) in [6, 6.07) is 15.7. The average molecular weight is 421 g/mol. The third-order valence-corrected chi connectivity index (χ3v) is 6.06. The molecule has 0 aliphatic heterocycles. The van der Waals surface area contributed by atoms with E-state index in [1.54, 1.807) is 11.8 Å². The fraction of sp³-hybridized carbons (Fsp3) is 0.143. The maximum absolute atomic E-state index is 6.32. The summed E-state index contributed by atoms with van der Waals surface area (Å²) in [5.74, 6) is 1.57. The molecule has 1 N–H and O–H groups in total. The Labute approximate surface area is 176 Å². The van der Waals surface area contributed by atoms with Crippen LogP contribution in [0.3, 0.4) is 0 Å². The minimum Gasteiger partial charge on any atom is -0.341 e. The third-order valence-electron chi connectivity index (χ3n) is 4.68. The van der Waals surface area contributed by atoms with Crippen molar-refractivity contribution >= 4 is 39.9 Å². The van der Waals surface area contributed by atoms with Crippen LogP contribution in [0.4, 0.5) is 0 Å². The highest BCUT2D eigenvalue weighted by atomic mass is 35.5. The number of hydrogen-bond acceptors (Lipinski definition) is 5. The smallest absolute Gasteiger partial charge is 0.192 e. The molecule has 0 amide bonds. The number of thioether (sulfide) groups is 1. The molecule has 3 aromatic heterocycles. The zero-order valence-electron chi connectivity index (χ0n) is 15.8. The lowest BCUT2D eigenvalue weighted by Crippen LogP contribution is -2.01. The summed E-state index contributed by atoms with van der Waals surface area (Å²) in [7, 11) is 0. The van der Waals surface area contributed by atoms with E-state index in [4.69, 9.17) is 16.6 Å². The van der Waals surface area contributed by atoms with Crippen LogP contribution in [0.5, 0.6) is 0 Å². The lowest BCUT2D eigenvalue weighted by molar-refractivity contribution is 0.791. The summed E-state index contributed by atoms with van der Waals surface area (Å²) in [4.78, 5) is 17.4. The standard InChI is InChI=1S/C21H17ClN6S/c1-12(19-23-11-18(25-19)14-7-3-5-9-16(14)22)29-21-26-17-10-6-4-8-15(17)20-24-13(2)27-28(20)21/h3-12H,1-2H3,(H,23,25). The minimum atomic E-state index is 0.0348. The number of para-hydroxylation sites is 1. The van der Waals surface area contributed by atoms with E-state index in [1.165, 1.54) is 0 Å². The predicted molar refractivity (Wildman–Crippen MR) is 116 cm³/mol. The summed E-state index contributed by atoms with van der Waals surface area (Å²) in [5, 5.41) is 7.05. The Bertz CT molecular complexity index is 1340. The highest BCUT2D eigenvalue weighted by molar-refractivity contribution is 7.99. The van der Waals surface area contributed by atoms with Gasteiger partial charge < -0.3 is 4.98 Å². The van der Waals surface area contributed by atoms with E-state index < -0.39 is 0 Å². The molecular formula is C21H17ClN6S. The van der Waals surface area contributed by atoms with Crippen molar-refractivity contribution in [2.24, 2.45) is 0 Å². The summed E-state index contributed by atoms with van der Waals surface area (Å²) in [6.07, 6.45) is 1.82. The average Bonchev–Trinajstić information content (AvgIpc) is 3.35. The predicted octanol–water partition coefficient (Wildman–Crippen LogP) is 5.48. The van der Waals surface area contributed by atoms with Gasteiger partial charge in [0.2, 0.25) is 0 Å².